The first-order valence-electron chi connectivity index (χ1n) is 6.26. The summed E-state index contributed by atoms with van der Waals surface area (Å²) in [7, 11) is 0. The van der Waals surface area contributed by atoms with Gasteiger partial charge in [-0.25, -0.2) is 0 Å². The Morgan fingerprint density at radius 1 is 0.947 bits per heavy atom. The number of anilines is 1. The molecule has 19 heavy (non-hydrogen) atoms. The maximum Gasteiger partial charge on any atom is 0.225 e. The number of alkyl halides is 1. The Labute approximate surface area is 122 Å². The van der Waals surface area contributed by atoms with E-state index in [0.29, 0.717) is 11.8 Å². The lowest BCUT2D eigenvalue weighted by atomic mass is 10.0. The lowest BCUT2D eigenvalue weighted by Gasteiger charge is -2.06. The third kappa shape index (κ3) is 4.52. The van der Waals surface area contributed by atoms with Gasteiger partial charge < -0.3 is 5.32 Å². The van der Waals surface area contributed by atoms with Crippen LogP contribution in [0.3, 0.4) is 0 Å². The molecule has 1 N–H and O–H groups in total. The van der Waals surface area contributed by atoms with Gasteiger partial charge in [-0.2, -0.15) is 0 Å². The Morgan fingerprint density at radius 3 is 2.21 bits per heavy atom. The minimum atomic E-state index is 0.0349. The Hall–Kier alpha value is -1.61. The zero-order valence-corrected chi connectivity index (χ0v) is 12.2. The van der Waals surface area contributed by atoms with Crippen LogP contribution < -0.4 is 5.32 Å². The number of benzene rings is 2. The quantitative estimate of drug-likeness (QED) is 0.830. The fourth-order valence-electron chi connectivity index (χ4n) is 1.85. The summed E-state index contributed by atoms with van der Waals surface area (Å²) in [5.74, 6) is 0.0349. The van der Waals surface area contributed by atoms with Crippen LogP contribution in [0.4, 0.5) is 5.69 Å². The number of carbonyl (C=O) groups excluding carboxylic acids is 1. The van der Waals surface area contributed by atoms with Gasteiger partial charge in [0.25, 0.3) is 0 Å². The van der Waals surface area contributed by atoms with Gasteiger partial charge in [0.15, 0.2) is 0 Å². The molecule has 2 rings (SSSR count). The highest BCUT2D eigenvalue weighted by Gasteiger charge is 2.01. The second kappa shape index (κ2) is 7.10. The summed E-state index contributed by atoms with van der Waals surface area (Å²) in [6.45, 7) is 0. The summed E-state index contributed by atoms with van der Waals surface area (Å²) >= 11 is 3.25. The number of hydrogen-bond donors (Lipinski definition) is 1. The van der Waals surface area contributed by atoms with Crippen LogP contribution >= 0.6 is 15.9 Å². The van der Waals surface area contributed by atoms with Crippen molar-refractivity contribution < 1.29 is 4.79 Å². The number of nitrogens with one attached hydrogen (secondary N) is 1. The topological polar surface area (TPSA) is 29.1 Å². The van der Waals surface area contributed by atoms with Gasteiger partial charge in [0, 0.05) is 17.4 Å². The van der Waals surface area contributed by atoms with Crippen molar-refractivity contribution in [2.45, 2.75) is 12.8 Å². The van der Waals surface area contributed by atoms with E-state index in [1.807, 2.05) is 30.3 Å². The van der Waals surface area contributed by atoms with Crippen LogP contribution in [0.1, 0.15) is 17.5 Å². The summed E-state index contributed by atoms with van der Waals surface area (Å²) in [5.41, 5.74) is 3.38. The summed E-state index contributed by atoms with van der Waals surface area (Å²) in [6, 6.07) is 18.3. The highest BCUT2D eigenvalue weighted by Crippen LogP contribution is 2.13. The fourth-order valence-corrected chi connectivity index (χ4v) is 2.21. The minimum absolute atomic E-state index is 0.0349. The standard InChI is InChI=1S/C16H16BrNO/c17-11-10-16(19)18-15-8-6-14(7-9-15)12-13-4-2-1-3-5-13/h1-9H,10-12H2,(H,18,19). The number of amides is 1. The van der Waals surface area contributed by atoms with Crippen molar-refractivity contribution in [2.75, 3.05) is 10.6 Å². The van der Waals surface area contributed by atoms with E-state index in [1.54, 1.807) is 0 Å². The van der Waals surface area contributed by atoms with E-state index in [1.165, 1.54) is 11.1 Å². The molecule has 1 amide bonds. The molecule has 0 unspecified atom stereocenters. The second-order valence-electron chi connectivity index (χ2n) is 4.35. The zero-order chi connectivity index (χ0) is 13.5. The molecule has 2 aromatic rings. The van der Waals surface area contributed by atoms with Crippen LogP contribution in [0.5, 0.6) is 0 Å². The van der Waals surface area contributed by atoms with E-state index in [0.717, 1.165) is 12.1 Å². The van der Waals surface area contributed by atoms with E-state index < -0.39 is 0 Å². The smallest absolute Gasteiger partial charge is 0.225 e. The van der Waals surface area contributed by atoms with Crippen LogP contribution in [-0.4, -0.2) is 11.2 Å². The molecule has 0 bridgehead atoms. The number of halogens is 1. The van der Waals surface area contributed by atoms with Gasteiger partial charge in [-0.05, 0) is 29.7 Å². The first-order chi connectivity index (χ1) is 9.28. The highest BCUT2D eigenvalue weighted by molar-refractivity contribution is 9.09. The molecule has 3 heteroatoms. The average Bonchev–Trinajstić information content (AvgIpc) is 2.42. The second-order valence-corrected chi connectivity index (χ2v) is 5.14. The molecule has 0 aliphatic heterocycles. The van der Waals surface area contributed by atoms with E-state index in [2.05, 4.69) is 45.5 Å². The van der Waals surface area contributed by atoms with Crippen molar-refractivity contribution in [3.63, 3.8) is 0 Å². The van der Waals surface area contributed by atoms with Crippen LogP contribution in [0.2, 0.25) is 0 Å². The van der Waals surface area contributed by atoms with Crippen molar-refractivity contribution in [3.05, 3.63) is 65.7 Å². The lowest BCUT2D eigenvalue weighted by Crippen LogP contribution is -2.11. The molecule has 2 aromatic carbocycles. The van der Waals surface area contributed by atoms with Crippen molar-refractivity contribution in [2.24, 2.45) is 0 Å². The molecule has 0 aliphatic carbocycles. The Morgan fingerprint density at radius 2 is 1.58 bits per heavy atom. The largest absolute Gasteiger partial charge is 0.326 e. The maximum atomic E-state index is 11.4. The number of rotatable bonds is 5. The highest BCUT2D eigenvalue weighted by atomic mass is 79.9. The van der Waals surface area contributed by atoms with Crippen LogP contribution in [-0.2, 0) is 11.2 Å². The van der Waals surface area contributed by atoms with Crippen LogP contribution in [0, 0.1) is 0 Å². The summed E-state index contributed by atoms with van der Waals surface area (Å²) in [4.78, 5) is 11.4. The zero-order valence-electron chi connectivity index (χ0n) is 10.6. The molecule has 0 heterocycles. The van der Waals surface area contributed by atoms with Crippen molar-refractivity contribution in [1.82, 2.24) is 0 Å². The van der Waals surface area contributed by atoms with E-state index in [-0.39, 0.29) is 5.91 Å². The predicted molar refractivity (Wildman–Crippen MR) is 82.7 cm³/mol. The van der Waals surface area contributed by atoms with Crippen molar-refractivity contribution >= 4 is 27.5 Å². The molecule has 98 valence electrons. The summed E-state index contributed by atoms with van der Waals surface area (Å²) in [6.07, 6.45) is 1.40. The molecule has 0 fully saturated rings. The SMILES string of the molecule is O=C(CCBr)Nc1ccc(Cc2ccccc2)cc1. The van der Waals surface area contributed by atoms with Crippen molar-refractivity contribution in [3.8, 4) is 0 Å². The molecule has 2 nitrogen and oxygen atoms in total. The number of carbonyl (C=O) groups is 1. The first-order valence-corrected chi connectivity index (χ1v) is 7.39. The Balaban J connectivity index is 1.97. The Bertz CT molecular complexity index is 522. The maximum absolute atomic E-state index is 11.4. The van der Waals surface area contributed by atoms with Gasteiger partial charge in [-0.15, -0.1) is 0 Å². The normalized spacial score (nSPS) is 10.2. The van der Waals surface area contributed by atoms with Crippen molar-refractivity contribution in [1.29, 1.82) is 0 Å². The Kier molecular flexibility index (Phi) is 5.16. The van der Waals surface area contributed by atoms with Gasteiger partial charge in [0.2, 0.25) is 5.91 Å². The predicted octanol–water partition coefficient (Wildman–Crippen LogP) is 4.00. The van der Waals surface area contributed by atoms with E-state index in [9.17, 15) is 4.79 Å². The molecule has 0 radical (unpaired) electrons. The third-order valence-electron chi connectivity index (χ3n) is 2.81. The molecule has 0 atom stereocenters. The van der Waals surface area contributed by atoms with Gasteiger partial charge in [0.1, 0.15) is 0 Å². The fraction of sp³-hybridized carbons (Fsp3) is 0.188. The van der Waals surface area contributed by atoms with Crippen LogP contribution in [0.15, 0.2) is 54.6 Å². The molecular weight excluding hydrogens is 302 g/mol. The minimum Gasteiger partial charge on any atom is -0.326 e. The third-order valence-corrected chi connectivity index (χ3v) is 3.21. The molecule has 0 saturated heterocycles. The van der Waals surface area contributed by atoms with Gasteiger partial charge in [-0.1, -0.05) is 58.4 Å². The molecule has 0 saturated carbocycles. The average molecular weight is 318 g/mol. The molecule has 0 aliphatic rings. The molecule has 0 spiro atoms. The van der Waals surface area contributed by atoms with Gasteiger partial charge in [-0.3, -0.25) is 4.79 Å². The first kappa shape index (κ1) is 13.8. The molecular formula is C16H16BrNO. The van der Waals surface area contributed by atoms with Gasteiger partial charge in [0.05, 0.1) is 0 Å². The van der Waals surface area contributed by atoms with E-state index >= 15 is 0 Å². The van der Waals surface area contributed by atoms with E-state index in [4.69, 9.17) is 0 Å². The van der Waals surface area contributed by atoms with Gasteiger partial charge >= 0.3 is 0 Å². The monoisotopic (exact) mass is 317 g/mol. The molecule has 0 aromatic heterocycles. The number of hydrogen-bond acceptors (Lipinski definition) is 1. The van der Waals surface area contributed by atoms with Crippen LogP contribution in [0.25, 0.3) is 0 Å². The lowest BCUT2D eigenvalue weighted by molar-refractivity contribution is -0.115. The summed E-state index contributed by atoms with van der Waals surface area (Å²) in [5, 5.41) is 3.55. The summed E-state index contributed by atoms with van der Waals surface area (Å²) < 4.78 is 0.